The minimum atomic E-state index is -0.172. The van der Waals surface area contributed by atoms with E-state index in [0.717, 1.165) is 31.4 Å². The van der Waals surface area contributed by atoms with Crippen LogP contribution in [0, 0.1) is 5.82 Å². The number of hydrogen-bond donors (Lipinski definition) is 1. The van der Waals surface area contributed by atoms with Crippen molar-refractivity contribution in [2.75, 3.05) is 6.54 Å². The minimum absolute atomic E-state index is 0.172. The second-order valence-corrected chi connectivity index (χ2v) is 4.96. The van der Waals surface area contributed by atoms with Gasteiger partial charge in [0.2, 0.25) is 0 Å². The number of pyridine rings is 1. The molecule has 0 saturated carbocycles. The molecular weight excluding hydrogens is 251 g/mol. The molecule has 1 aromatic carbocycles. The average Bonchev–Trinajstić information content (AvgIpc) is 2.48. The largest absolute Gasteiger partial charge is 0.310 e. The molecule has 0 amide bonds. The van der Waals surface area contributed by atoms with Crippen molar-refractivity contribution < 1.29 is 4.39 Å². The lowest BCUT2D eigenvalue weighted by Crippen LogP contribution is -2.22. The van der Waals surface area contributed by atoms with E-state index < -0.39 is 0 Å². The third-order valence-corrected chi connectivity index (χ3v) is 3.36. The van der Waals surface area contributed by atoms with E-state index in [4.69, 9.17) is 0 Å². The Hall–Kier alpha value is -1.74. The Balaban J connectivity index is 2.03. The molecule has 0 aliphatic heterocycles. The van der Waals surface area contributed by atoms with Crippen LogP contribution in [0.4, 0.5) is 4.39 Å². The third-order valence-electron chi connectivity index (χ3n) is 3.36. The summed E-state index contributed by atoms with van der Waals surface area (Å²) in [6.45, 7) is 3.08. The molecule has 0 saturated heterocycles. The van der Waals surface area contributed by atoms with E-state index in [9.17, 15) is 4.39 Å². The van der Waals surface area contributed by atoms with Crippen LogP contribution in [-0.2, 0) is 6.42 Å². The average molecular weight is 272 g/mol. The standard InChI is InChI=1S/C17H21FN2/c1-2-10-20-17(15-4-3-5-16(18)13-15)7-6-14-8-11-19-12-9-14/h3-5,8-9,11-13,17,20H,2,6-7,10H2,1H3. The van der Waals surface area contributed by atoms with Crippen LogP contribution >= 0.6 is 0 Å². The van der Waals surface area contributed by atoms with Gasteiger partial charge in [-0.15, -0.1) is 0 Å². The molecule has 2 rings (SSSR count). The number of rotatable bonds is 7. The first kappa shape index (κ1) is 14.7. The maximum atomic E-state index is 13.4. The number of benzene rings is 1. The van der Waals surface area contributed by atoms with Crippen molar-refractivity contribution in [1.29, 1.82) is 0 Å². The van der Waals surface area contributed by atoms with Gasteiger partial charge < -0.3 is 5.32 Å². The molecule has 1 heterocycles. The molecule has 0 fully saturated rings. The summed E-state index contributed by atoms with van der Waals surface area (Å²) in [5, 5.41) is 3.50. The van der Waals surface area contributed by atoms with E-state index in [2.05, 4.69) is 17.2 Å². The molecule has 106 valence electrons. The fourth-order valence-electron chi connectivity index (χ4n) is 2.29. The van der Waals surface area contributed by atoms with E-state index in [1.807, 2.05) is 30.6 Å². The van der Waals surface area contributed by atoms with Crippen LogP contribution in [0.25, 0.3) is 0 Å². The van der Waals surface area contributed by atoms with Gasteiger partial charge in [-0.05, 0) is 61.2 Å². The van der Waals surface area contributed by atoms with Gasteiger partial charge in [-0.2, -0.15) is 0 Å². The van der Waals surface area contributed by atoms with E-state index >= 15 is 0 Å². The van der Waals surface area contributed by atoms with Gasteiger partial charge in [0.05, 0.1) is 0 Å². The van der Waals surface area contributed by atoms with Crippen LogP contribution in [0.2, 0.25) is 0 Å². The van der Waals surface area contributed by atoms with Crippen molar-refractivity contribution in [2.45, 2.75) is 32.2 Å². The highest BCUT2D eigenvalue weighted by Crippen LogP contribution is 2.20. The van der Waals surface area contributed by atoms with E-state index in [0.29, 0.717) is 0 Å². The summed E-state index contributed by atoms with van der Waals surface area (Å²) in [6.07, 6.45) is 6.60. The van der Waals surface area contributed by atoms with Crippen LogP contribution < -0.4 is 5.32 Å². The molecule has 1 N–H and O–H groups in total. The van der Waals surface area contributed by atoms with Crippen molar-refractivity contribution in [3.8, 4) is 0 Å². The van der Waals surface area contributed by atoms with E-state index in [-0.39, 0.29) is 11.9 Å². The first-order valence-electron chi connectivity index (χ1n) is 7.17. The summed E-state index contributed by atoms with van der Waals surface area (Å²) >= 11 is 0. The summed E-state index contributed by atoms with van der Waals surface area (Å²) in [4.78, 5) is 4.03. The van der Waals surface area contributed by atoms with Gasteiger partial charge >= 0.3 is 0 Å². The van der Waals surface area contributed by atoms with Gasteiger partial charge in [0, 0.05) is 18.4 Å². The number of aromatic nitrogens is 1. The second kappa shape index (κ2) is 7.75. The topological polar surface area (TPSA) is 24.9 Å². The number of halogens is 1. The van der Waals surface area contributed by atoms with Crippen LogP contribution in [-0.4, -0.2) is 11.5 Å². The normalized spacial score (nSPS) is 12.3. The van der Waals surface area contributed by atoms with Crippen LogP contribution in [0.1, 0.15) is 36.9 Å². The van der Waals surface area contributed by atoms with Gasteiger partial charge in [-0.3, -0.25) is 4.98 Å². The molecule has 0 radical (unpaired) electrons. The highest BCUT2D eigenvalue weighted by Gasteiger charge is 2.11. The summed E-state index contributed by atoms with van der Waals surface area (Å²) in [6, 6.07) is 11.1. The summed E-state index contributed by atoms with van der Waals surface area (Å²) in [5.74, 6) is -0.172. The number of nitrogens with zero attached hydrogens (tertiary/aromatic N) is 1. The first-order valence-corrected chi connectivity index (χ1v) is 7.17. The number of hydrogen-bond acceptors (Lipinski definition) is 2. The summed E-state index contributed by atoms with van der Waals surface area (Å²) in [7, 11) is 0. The Morgan fingerprint density at radius 2 is 2.00 bits per heavy atom. The number of nitrogens with one attached hydrogen (secondary N) is 1. The van der Waals surface area contributed by atoms with Gasteiger partial charge in [-0.25, -0.2) is 4.39 Å². The van der Waals surface area contributed by atoms with Gasteiger partial charge in [0.1, 0.15) is 5.82 Å². The van der Waals surface area contributed by atoms with Crippen molar-refractivity contribution in [3.63, 3.8) is 0 Å². The molecule has 0 spiro atoms. The molecular formula is C17H21FN2. The van der Waals surface area contributed by atoms with Crippen molar-refractivity contribution in [2.24, 2.45) is 0 Å². The second-order valence-electron chi connectivity index (χ2n) is 4.96. The fraction of sp³-hybridized carbons (Fsp3) is 0.353. The van der Waals surface area contributed by atoms with Gasteiger partial charge in [0.15, 0.2) is 0 Å². The number of aryl methyl sites for hydroxylation is 1. The van der Waals surface area contributed by atoms with Crippen LogP contribution in [0.5, 0.6) is 0 Å². The van der Waals surface area contributed by atoms with E-state index in [1.165, 1.54) is 11.6 Å². The molecule has 0 aliphatic rings. The quantitative estimate of drug-likeness (QED) is 0.827. The van der Waals surface area contributed by atoms with Crippen LogP contribution in [0.3, 0.4) is 0 Å². The molecule has 0 aliphatic carbocycles. The molecule has 2 aromatic rings. The lowest BCUT2D eigenvalue weighted by Gasteiger charge is -2.19. The molecule has 1 unspecified atom stereocenters. The predicted molar refractivity (Wildman–Crippen MR) is 80.0 cm³/mol. The highest BCUT2D eigenvalue weighted by atomic mass is 19.1. The maximum Gasteiger partial charge on any atom is 0.123 e. The Labute approximate surface area is 120 Å². The molecule has 0 bridgehead atoms. The van der Waals surface area contributed by atoms with Crippen molar-refractivity contribution >= 4 is 0 Å². The smallest absolute Gasteiger partial charge is 0.123 e. The summed E-state index contributed by atoms with van der Waals surface area (Å²) < 4.78 is 13.4. The van der Waals surface area contributed by atoms with Gasteiger partial charge in [-0.1, -0.05) is 19.1 Å². The monoisotopic (exact) mass is 272 g/mol. The minimum Gasteiger partial charge on any atom is -0.310 e. The Morgan fingerprint density at radius 3 is 2.70 bits per heavy atom. The molecule has 2 nitrogen and oxygen atoms in total. The Bertz CT molecular complexity index is 513. The lowest BCUT2D eigenvalue weighted by atomic mass is 9.99. The highest BCUT2D eigenvalue weighted by molar-refractivity contribution is 5.21. The maximum absolute atomic E-state index is 13.4. The van der Waals surface area contributed by atoms with Crippen molar-refractivity contribution in [3.05, 3.63) is 65.7 Å². The van der Waals surface area contributed by atoms with E-state index in [1.54, 1.807) is 12.1 Å². The van der Waals surface area contributed by atoms with Crippen molar-refractivity contribution in [1.82, 2.24) is 10.3 Å². The van der Waals surface area contributed by atoms with Gasteiger partial charge in [0.25, 0.3) is 0 Å². The third kappa shape index (κ3) is 4.42. The molecule has 20 heavy (non-hydrogen) atoms. The zero-order valence-corrected chi connectivity index (χ0v) is 11.8. The zero-order valence-electron chi connectivity index (χ0n) is 11.8. The van der Waals surface area contributed by atoms with Crippen LogP contribution in [0.15, 0.2) is 48.8 Å². The molecule has 3 heteroatoms. The first-order chi connectivity index (χ1) is 9.79. The fourth-order valence-corrected chi connectivity index (χ4v) is 2.29. The summed E-state index contributed by atoms with van der Waals surface area (Å²) in [5.41, 5.74) is 2.28. The molecule has 1 atom stereocenters. The molecule has 1 aromatic heterocycles. The Morgan fingerprint density at radius 1 is 1.20 bits per heavy atom. The Kier molecular flexibility index (Phi) is 5.69. The zero-order chi connectivity index (χ0) is 14.2. The predicted octanol–water partition coefficient (Wildman–Crippen LogP) is 3.89. The SMILES string of the molecule is CCCNC(CCc1ccncc1)c1cccc(F)c1. The lowest BCUT2D eigenvalue weighted by molar-refractivity contribution is 0.495.